The minimum Gasteiger partial charge on any atom is -0.465 e. The van der Waals surface area contributed by atoms with E-state index >= 15 is 0 Å². The van der Waals surface area contributed by atoms with Crippen molar-refractivity contribution < 1.29 is 9.53 Å². The van der Waals surface area contributed by atoms with Gasteiger partial charge in [0.25, 0.3) is 0 Å². The van der Waals surface area contributed by atoms with Crippen LogP contribution in [0.3, 0.4) is 0 Å². The molecule has 1 heterocycles. The lowest BCUT2D eigenvalue weighted by Crippen LogP contribution is -2.14. The number of rotatable bonds is 4. The fourth-order valence-corrected chi connectivity index (χ4v) is 2.58. The van der Waals surface area contributed by atoms with Crippen molar-refractivity contribution in [2.24, 2.45) is 0 Å². The molecule has 0 spiro atoms. The first kappa shape index (κ1) is 14.6. The number of hydrogen-bond acceptors (Lipinski definition) is 3. The van der Waals surface area contributed by atoms with Crippen LogP contribution < -0.4 is 0 Å². The number of carbonyl (C=O) groups is 1. The molecule has 0 N–H and O–H groups in total. The lowest BCUT2D eigenvalue weighted by molar-refractivity contribution is -0.143. The number of aromatic nitrogens is 2. The molecule has 5 heteroatoms. The molecule has 0 aliphatic rings. The molecule has 3 aromatic rings. The van der Waals surface area contributed by atoms with Crippen molar-refractivity contribution in [1.29, 1.82) is 0 Å². The molecular formula is C17H15ClN2O2. The van der Waals surface area contributed by atoms with Gasteiger partial charge < -0.3 is 4.74 Å². The van der Waals surface area contributed by atoms with Crippen LogP contribution in [0.1, 0.15) is 6.92 Å². The van der Waals surface area contributed by atoms with Gasteiger partial charge in [0.1, 0.15) is 12.2 Å². The molecule has 3 rings (SSSR count). The first-order valence-electron chi connectivity index (χ1n) is 7.06. The zero-order valence-corrected chi connectivity index (χ0v) is 12.9. The predicted octanol–water partition coefficient (Wildman–Crippen LogP) is 3.92. The Balaban J connectivity index is 2.12. The molecule has 0 aliphatic heterocycles. The quantitative estimate of drug-likeness (QED) is 0.686. The van der Waals surface area contributed by atoms with Crippen molar-refractivity contribution in [1.82, 2.24) is 9.78 Å². The first-order chi connectivity index (χ1) is 10.7. The fourth-order valence-electron chi connectivity index (χ4n) is 2.41. The number of hydrogen-bond donors (Lipinski definition) is 0. The topological polar surface area (TPSA) is 44.1 Å². The molecule has 0 unspecified atom stereocenters. The van der Waals surface area contributed by atoms with Crippen LogP contribution in [0.4, 0.5) is 0 Å². The number of ether oxygens (including phenoxy) is 1. The molecule has 0 bridgehead atoms. The van der Waals surface area contributed by atoms with E-state index in [2.05, 4.69) is 5.10 Å². The van der Waals surface area contributed by atoms with Gasteiger partial charge in [0.2, 0.25) is 0 Å². The van der Waals surface area contributed by atoms with Crippen LogP contribution in [0, 0.1) is 0 Å². The molecule has 0 aliphatic carbocycles. The van der Waals surface area contributed by atoms with Gasteiger partial charge in [-0.05, 0) is 25.1 Å². The summed E-state index contributed by atoms with van der Waals surface area (Å²) in [5.74, 6) is -0.304. The van der Waals surface area contributed by atoms with Crippen molar-refractivity contribution in [3.63, 3.8) is 0 Å². The number of esters is 1. The summed E-state index contributed by atoms with van der Waals surface area (Å²) < 4.78 is 6.67. The summed E-state index contributed by atoms with van der Waals surface area (Å²) in [5, 5.41) is 6.14. The highest BCUT2D eigenvalue weighted by atomic mass is 35.5. The van der Waals surface area contributed by atoms with Gasteiger partial charge in [-0.15, -0.1) is 0 Å². The summed E-state index contributed by atoms with van der Waals surface area (Å²) in [5.41, 5.74) is 2.65. The van der Waals surface area contributed by atoms with Gasteiger partial charge in [0, 0.05) is 16.0 Å². The molecule has 22 heavy (non-hydrogen) atoms. The summed E-state index contributed by atoms with van der Waals surface area (Å²) in [4.78, 5) is 11.8. The van der Waals surface area contributed by atoms with E-state index in [0.29, 0.717) is 11.6 Å². The van der Waals surface area contributed by atoms with Crippen molar-refractivity contribution in [3.05, 3.63) is 53.6 Å². The molecule has 0 fully saturated rings. The normalized spacial score (nSPS) is 10.8. The maximum absolute atomic E-state index is 11.8. The number of carbonyl (C=O) groups excluding carboxylic acids is 1. The molecule has 1 aromatic heterocycles. The maximum Gasteiger partial charge on any atom is 0.327 e. The molecule has 112 valence electrons. The smallest absolute Gasteiger partial charge is 0.327 e. The standard InChI is InChI=1S/C17H15ClN2O2/c1-2-22-16(21)11-20-15-9-8-13(18)10-14(15)17(19-20)12-6-4-3-5-7-12/h3-10H,2,11H2,1H3. The fraction of sp³-hybridized carbons (Fsp3) is 0.176. The van der Waals surface area contributed by atoms with Crippen LogP contribution in [0.15, 0.2) is 48.5 Å². The van der Waals surface area contributed by atoms with Gasteiger partial charge in [-0.3, -0.25) is 9.48 Å². The number of benzene rings is 2. The summed E-state index contributed by atoms with van der Waals surface area (Å²) in [6.07, 6.45) is 0. The third-order valence-corrected chi connectivity index (χ3v) is 3.58. The zero-order valence-electron chi connectivity index (χ0n) is 12.1. The third kappa shape index (κ3) is 2.83. The molecular weight excluding hydrogens is 300 g/mol. The molecule has 0 atom stereocenters. The summed E-state index contributed by atoms with van der Waals surface area (Å²) >= 11 is 6.11. The molecule has 4 nitrogen and oxygen atoms in total. The van der Waals surface area contributed by atoms with E-state index < -0.39 is 0 Å². The number of halogens is 1. The maximum atomic E-state index is 11.8. The Hall–Kier alpha value is -2.33. The van der Waals surface area contributed by atoms with Crippen LogP contribution >= 0.6 is 11.6 Å². The van der Waals surface area contributed by atoms with Crippen molar-refractivity contribution in [2.75, 3.05) is 6.61 Å². The van der Waals surface area contributed by atoms with Crippen LogP contribution in [-0.2, 0) is 16.1 Å². The summed E-state index contributed by atoms with van der Waals surface area (Å²) in [6, 6.07) is 15.4. The highest BCUT2D eigenvalue weighted by molar-refractivity contribution is 6.31. The van der Waals surface area contributed by atoms with E-state index in [1.165, 1.54) is 0 Å². The summed E-state index contributed by atoms with van der Waals surface area (Å²) in [7, 11) is 0. The number of nitrogens with zero attached hydrogens (tertiary/aromatic N) is 2. The second-order valence-corrected chi connectivity index (χ2v) is 5.28. The van der Waals surface area contributed by atoms with Gasteiger partial charge >= 0.3 is 5.97 Å². The molecule has 0 saturated carbocycles. The van der Waals surface area contributed by atoms with Crippen LogP contribution in [0.5, 0.6) is 0 Å². The van der Waals surface area contributed by atoms with E-state index in [1.54, 1.807) is 17.7 Å². The predicted molar refractivity (Wildman–Crippen MR) is 86.8 cm³/mol. The Kier molecular flexibility index (Phi) is 4.11. The first-order valence-corrected chi connectivity index (χ1v) is 7.44. The van der Waals surface area contributed by atoms with Crippen LogP contribution in [-0.4, -0.2) is 22.4 Å². The van der Waals surface area contributed by atoms with E-state index in [4.69, 9.17) is 16.3 Å². The Morgan fingerprint density at radius 3 is 2.73 bits per heavy atom. The largest absolute Gasteiger partial charge is 0.465 e. The Morgan fingerprint density at radius 1 is 1.23 bits per heavy atom. The summed E-state index contributed by atoms with van der Waals surface area (Å²) in [6.45, 7) is 2.22. The van der Waals surface area contributed by atoms with Gasteiger partial charge in [-0.1, -0.05) is 41.9 Å². The number of fused-ring (bicyclic) bond motifs is 1. The van der Waals surface area contributed by atoms with E-state index in [9.17, 15) is 4.79 Å². The van der Waals surface area contributed by atoms with Crippen molar-refractivity contribution in [3.8, 4) is 11.3 Å². The van der Waals surface area contributed by atoms with Gasteiger partial charge in [0.05, 0.1) is 12.1 Å². The molecule has 0 amide bonds. The van der Waals surface area contributed by atoms with E-state index in [1.807, 2.05) is 42.5 Å². The van der Waals surface area contributed by atoms with Crippen molar-refractivity contribution >= 4 is 28.5 Å². The second kappa shape index (κ2) is 6.20. The zero-order chi connectivity index (χ0) is 15.5. The lowest BCUT2D eigenvalue weighted by Gasteiger charge is -2.03. The Labute approximate surface area is 133 Å². The van der Waals surface area contributed by atoms with E-state index in [0.717, 1.165) is 22.2 Å². The van der Waals surface area contributed by atoms with Gasteiger partial charge in [-0.2, -0.15) is 5.10 Å². The minimum absolute atomic E-state index is 0.0821. The minimum atomic E-state index is -0.304. The third-order valence-electron chi connectivity index (χ3n) is 3.34. The van der Waals surface area contributed by atoms with Gasteiger partial charge in [0.15, 0.2) is 0 Å². The SMILES string of the molecule is CCOC(=O)Cn1nc(-c2ccccc2)c2cc(Cl)ccc21. The Bertz CT molecular complexity index is 812. The highest BCUT2D eigenvalue weighted by Crippen LogP contribution is 2.30. The van der Waals surface area contributed by atoms with E-state index in [-0.39, 0.29) is 12.5 Å². The average molecular weight is 315 g/mol. The molecule has 0 saturated heterocycles. The molecule has 0 radical (unpaired) electrons. The average Bonchev–Trinajstić information content (AvgIpc) is 2.86. The second-order valence-electron chi connectivity index (χ2n) is 4.84. The monoisotopic (exact) mass is 314 g/mol. The van der Waals surface area contributed by atoms with Gasteiger partial charge in [-0.25, -0.2) is 0 Å². The molecule has 2 aromatic carbocycles. The van der Waals surface area contributed by atoms with Crippen LogP contribution in [0.2, 0.25) is 5.02 Å². The van der Waals surface area contributed by atoms with Crippen LogP contribution in [0.25, 0.3) is 22.2 Å². The highest BCUT2D eigenvalue weighted by Gasteiger charge is 2.15. The lowest BCUT2D eigenvalue weighted by atomic mass is 10.1. The van der Waals surface area contributed by atoms with Crippen molar-refractivity contribution in [2.45, 2.75) is 13.5 Å². The Morgan fingerprint density at radius 2 is 2.00 bits per heavy atom.